The predicted octanol–water partition coefficient (Wildman–Crippen LogP) is 1.51. The summed E-state index contributed by atoms with van der Waals surface area (Å²) in [4.78, 5) is 22.9. The number of nitrogens with one attached hydrogen (secondary N) is 2. The Morgan fingerprint density at radius 3 is 2.59 bits per heavy atom. The number of hydrogen-bond acceptors (Lipinski definition) is 4. The Bertz CT molecular complexity index is 476. The van der Waals surface area contributed by atoms with Crippen molar-refractivity contribution < 1.29 is 4.79 Å². The number of guanidine groups is 1. The maximum absolute atomic E-state index is 11.5. The van der Waals surface area contributed by atoms with Crippen LogP contribution < -0.4 is 10.6 Å². The van der Waals surface area contributed by atoms with Gasteiger partial charge in [0.25, 0.3) is 0 Å². The van der Waals surface area contributed by atoms with Crippen molar-refractivity contribution in [3.05, 3.63) is 16.1 Å². The monoisotopic (exact) mass is 439 g/mol. The van der Waals surface area contributed by atoms with Crippen molar-refractivity contribution in [2.45, 2.75) is 26.2 Å². The van der Waals surface area contributed by atoms with Crippen LogP contribution in [0.1, 0.15) is 23.2 Å². The second-order valence-corrected chi connectivity index (χ2v) is 5.99. The summed E-state index contributed by atoms with van der Waals surface area (Å²) in [6.07, 6.45) is 4.32. The number of rotatable bonds is 7. The number of nitrogens with zero attached hydrogens (tertiary/aromatic N) is 3. The van der Waals surface area contributed by atoms with Crippen LogP contribution in [-0.2, 0) is 17.6 Å². The molecule has 0 spiro atoms. The zero-order valence-corrected chi connectivity index (χ0v) is 16.8. The third-order valence-corrected chi connectivity index (χ3v) is 4.14. The fourth-order valence-corrected chi connectivity index (χ4v) is 2.51. The SMILES string of the molecule is CCc1cnc(CCNC(=NC)NCCC(=O)N(C)C)s1.I. The molecule has 1 heterocycles. The van der Waals surface area contributed by atoms with Gasteiger partial charge in [-0.3, -0.25) is 9.79 Å². The van der Waals surface area contributed by atoms with Gasteiger partial charge in [0.1, 0.15) is 0 Å². The smallest absolute Gasteiger partial charge is 0.223 e. The summed E-state index contributed by atoms with van der Waals surface area (Å²) in [5.74, 6) is 0.821. The topological polar surface area (TPSA) is 69.6 Å². The lowest BCUT2D eigenvalue weighted by molar-refractivity contribution is -0.128. The van der Waals surface area contributed by atoms with Crippen molar-refractivity contribution >= 4 is 47.2 Å². The average molecular weight is 439 g/mol. The van der Waals surface area contributed by atoms with Gasteiger partial charge in [0.15, 0.2) is 5.96 Å². The van der Waals surface area contributed by atoms with Crippen LogP contribution in [-0.4, -0.2) is 56.0 Å². The highest BCUT2D eigenvalue weighted by Crippen LogP contribution is 2.13. The first kappa shape index (κ1) is 21.1. The summed E-state index contributed by atoms with van der Waals surface area (Å²) in [5, 5.41) is 7.50. The fourth-order valence-electron chi connectivity index (χ4n) is 1.65. The molecular formula is C14H26IN5OS. The van der Waals surface area contributed by atoms with E-state index in [-0.39, 0.29) is 29.9 Å². The number of hydrogen-bond donors (Lipinski definition) is 2. The second-order valence-electron chi connectivity index (χ2n) is 4.79. The van der Waals surface area contributed by atoms with Crippen LogP contribution in [0.4, 0.5) is 0 Å². The van der Waals surface area contributed by atoms with Crippen LogP contribution in [0.2, 0.25) is 0 Å². The van der Waals surface area contributed by atoms with E-state index in [0.29, 0.717) is 18.9 Å². The van der Waals surface area contributed by atoms with Crippen molar-refractivity contribution in [3.8, 4) is 0 Å². The molecule has 22 heavy (non-hydrogen) atoms. The quantitative estimate of drug-likeness (QED) is 0.384. The molecule has 0 aliphatic rings. The van der Waals surface area contributed by atoms with Crippen molar-refractivity contribution in [1.29, 1.82) is 0 Å². The predicted molar refractivity (Wildman–Crippen MR) is 103 cm³/mol. The van der Waals surface area contributed by atoms with Crippen LogP contribution in [0.25, 0.3) is 0 Å². The summed E-state index contributed by atoms with van der Waals surface area (Å²) < 4.78 is 0. The molecular weight excluding hydrogens is 413 g/mol. The standard InChI is InChI=1S/C14H25N5OS.HI/c1-5-11-10-18-12(21-11)6-8-16-14(15-2)17-9-7-13(20)19(3)4;/h10H,5-9H2,1-4H3,(H2,15,16,17);1H. The normalized spacial score (nSPS) is 10.8. The van der Waals surface area contributed by atoms with Gasteiger partial charge < -0.3 is 15.5 Å². The Morgan fingerprint density at radius 1 is 1.36 bits per heavy atom. The van der Waals surface area contributed by atoms with E-state index in [2.05, 4.69) is 27.5 Å². The molecule has 1 amide bonds. The third kappa shape index (κ3) is 7.92. The summed E-state index contributed by atoms with van der Waals surface area (Å²) >= 11 is 1.76. The molecule has 0 saturated heterocycles. The van der Waals surface area contributed by atoms with E-state index in [0.717, 1.165) is 24.4 Å². The first-order valence-corrected chi connectivity index (χ1v) is 7.96. The van der Waals surface area contributed by atoms with Gasteiger partial charge in [-0.25, -0.2) is 4.98 Å². The van der Waals surface area contributed by atoms with Gasteiger partial charge in [0.2, 0.25) is 5.91 Å². The Kier molecular flexibility index (Phi) is 11.2. The zero-order chi connectivity index (χ0) is 15.7. The molecule has 0 bridgehead atoms. The van der Waals surface area contributed by atoms with E-state index in [1.807, 2.05) is 6.20 Å². The summed E-state index contributed by atoms with van der Waals surface area (Å²) in [6, 6.07) is 0. The molecule has 0 unspecified atom stereocenters. The number of carbonyl (C=O) groups excluding carboxylic acids is 1. The highest BCUT2D eigenvalue weighted by atomic mass is 127. The van der Waals surface area contributed by atoms with Gasteiger partial charge in [0.05, 0.1) is 5.01 Å². The molecule has 8 heteroatoms. The molecule has 0 aliphatic heterocycles. The fraction of sp³-hybridized carbons (Fsp3) is 0.643. The number of aliphatic imine (C=N–C) groups is 1. The summed E-state index contributed by atoms with van der Waals surface area (Å²) in [5.41, 5.74) is 0. The molecule has 0 aliphatic carbocycles. The van der Waals surface area contributed by atoms with E-state index in [1.165, 1.54) is 4.88 Å². The maximum Gasteiger partial charge on any atom is 0.223 e. The first-order valence-electron chi connectivity index (χ1n) is 7.15. The Balaban J connectivity index is 0.00000441. The summed E-state index contributed by atoms with van der Waals surface area (Å²) in [7, 11) is 5.24. The van der Waals surface area contributed by atoms with Gasteiger partial charge in [-0.2, -0.15) is 0 Å². The molecule has 2 N–H and O–H groups in total. The molecule has 0 radical (unpaired) electrons. The number of amides is 1. The molecule has 0 aromatic carbocycles. The highest BCUT2D eigenvalue weighted by molar-refractivity contribution is 14.0. The van der Waals surface area contributed by atoms with Crippen LogP contribution in [0.5, 0.6) is 0 Å². The number of halogens is 1. The second kappa shape index (κ2) is 11.6. The van der Waals surface area contributed by atoms with Gasteiger partial charge in [0, 0.05) is 58.1 Å². The van der Waals surface area contributed by atoms with Crippen molar-refractivity contribution in [2.75, 3.05) is 34.2 Å². The molecule has 6 nitrogen and oxygen atoms in total. The van der Waals surface area contributed by atoms with Crippen molar-refractivity contribution in [1.82, 2.24) is 20.5 Å². The van der Waals surface area contributed by atoms with E-state index in [1.54, 1.807) is 37.4 Å². The molecule has 0 fully saturated rings. The van der Waals surface area contributed by atoms with Gasteiger partial charge in [-0.15, -0.1) is 35.3 Å². The van der Waals surface area contributed by atoms with Crippen LogP contribution >= 0.6 is 35.3 Å². The van der Waals surface area contributed by atoms with Crippen LogP contribution in [0, 0.1) is 0 Å². The van der Waals surface area contributed by atoms with E-state index < -0.39 is 0 Å². The molecule has 0 atom stereocenters. The third-order valence-electron chi connectivity index (χ3n) is 2.93. The minimum atomic E-state index is 0. The number of aromatic nitrogens is 1. The van der Waals surface area contributed by atoms with Gasteiger partial charge >= 0.3 is 0 Å². The van der Waals surface area contributed by atoms with E-state index in [9.17, 15) is 4.79 Å². The lowest BCUT2D eigenvalue weighted by Gasteiger charge is -2.13. The lowest BCUT2D eigenvalue weighted by Crippen LogP contribution is -2.40. The minimum Gasteiger partial charge on any atom is -0.356 e. The Hall–Kier alpha value is -0.900. The minimum absolute atomic E-state index is 0. The number of aryl methyl sites for hydroxylation is 1. The van der Waals surface area contributed by atoms with Crippen molar-refractivity contribution in [2.24, 2.45) is 4.99 Å². The first-order chi connectivity index (χ1) is 10.1. The zero-order valence-electron chi connectivity index (χ0n) is 13.7. The number of carbonyl (C=O) groups is 1. The Labute approximate surface area is 153 Å². The molecule has 126 valence electrons. The van der Waals surface area contributed by atoms with Crippen LogP contribution in [0.15, 0.2) is 11.2 Å². The van der Waals surface area contributed by atoms with Crippen molar-refractivity contribution in [3.63, 3.8) is 0 Å². The number of thiazole rings is 1. The van der Waals surface area contributed by atoms with E-state index >= 15 is 0 Å². The molecule has 0 saturated carbocycles. The largest absolute Gasteiger partial charge is 0.356 e. The van der Waals surface area contributed by atoms with Crippen LogP contribution in [0.3, 0.4) is 0 Å². The highest BCUT2D eigenvalue weighted by Gasteiger charge is 2.05. The average Bonchev–Trinajstić information content (AvgIpc) is 2.93. The van der Waals surface area contributed by atoms with E-state index in [4.69, 9.17) is 0 Å². The van der Waals surface area contributed by atoms with Gasteiger partial charge in [-0.05, 0) is 6.42 Å². The molecule has 1 aromatic heterocycles. The lowest BCUT2D eigenvalue weighted by atomic mass is 10.4. The maximum atomic E-state index is 11.5. The summed E-state index contributed by atoms with van der Waals surface area (Å²) in [6.45, 7) is 3.49. The Morgan fingerprint density at radius 2 is 2.05 bits per heavy atom. The van der Waals surface area contributed by atoms with Gasteiger partial charge in [-0.1, -0.05) is 6.92 Å². The molecule has 1 rings (SSSR count). The molecule has 1 aromatic rings.